The predicted octanol–water partition coefficient (Wildman–Crippen LogP) is 12.1. The number of benzene rings is 3. The molecule has 0 nitrogen and oxygen atoms in total. The van der Waals surface area contributed by atoms with Crippen molar-refractivity contribution in [2.24, 2.45) is 11.3 Å². The zero-order valence-corrected chi connectivity index (χ0v) is 35.8. The van der Waals surface area contributed by atoms with Crippen LogP contribution in [0.15, 0.2) is 69.5 Å². The van der Waals surface area contributed by atoms with Gasteiger partial charge in [0.05, 0.1) is 0 Å². The summed E-state index contributed by atoms with van der Waals surface area (Å²) in [6.45, 7) is 28.5. The molecule has 256 valence electrons. The molecule has 0 N–H and O–H groups in total. The molecule has 3 aromatic carbocycles. The van der Waals surface area contributed by atoms with Crippen LogP contribution in [0, 0.1) is 25.2 Å². The summed E-state index contributed by atoms with van der Waals surface area (Å²) < 4.78 is 13.2. The van der Waals surface area contributed by atoms with Gasteiger partial charge < -0.3 is 0 Å². The number of rotatable bonds is 6. The van der Waals surface area contributed by atoms with Crippen molar-refractivity contribution >= 4 is 35.6 Å². The van der Waals surface area contributed by atoms with Gasteiger partial charge >= 0.3 is 279 Å². The number of aryl methyl sites for hydroxylation is 1. The maximum atomic E-state index is 5.71. The predicted molar refractivity (Wildman–Crippen MR) is 213 cm³/mol. The van der Waals surface area contributed by atoms with Crippen molar-refractivity contribution in [1.82, 2.24) is 0 Å². The number of allylic oxidation sites excluding steroid dienone is 4. The molecule has 0 heterocycles. The van der Waals surface area contributed by atoms with Crippen molar-refractivity contribution in [2.45, 2.75) is 124 Å². The van der Waals surface area contributed by atoms with E-state index < -0.39 is 18.3 Å². The van der Waals surface area contributed by atoms with E-state index in [2.05, 4.69) is 148 Å². The topological polar surface area (TPSA) is 0 Å². The van der Waals surface area contributed by atoms with E-state index in [4.69, 9.17) is 4.21 Å². The molecule has 3 aromatic rings. The number of fused-ring (bicyclic) bond motifs is 3. The fourth-order valence-corrected chi connectivity index (χ4v) is 23.6. The van der Waals surface area contributed by atoms with Gasteiger partial charge in [0.25, 0.3) is 0 Å². The van der Waals surface area contributed by atoms with Crippen LogP contribution in [-0.4, -0.2) is 4.21 Å². The van der Waals surface area contributed by atoms with E-state index in [1.54, 1.807) is 12.1 Å². The maximum absolute atomic E-state index is 5.71. The molecule has 0 saturated heterocycles. The van der Waals surface area contributed by atoms with E-state index in [1.807, 2.05) is 0 Å². The molecule has 0 spiro atoms. The molecule has 0 aromatic heterocycles. The van der Waals surface area contributed by atoms with E-state index in [0.29, 0.717) is 5.92 Å². The molecular formula is C44H62Cl2Zr. The zero-order valence-electron chi connectivity index (χ0n) is 31.7. The number of halogens is 2. The first-order valence-electron chi connectivity index (χ1n) is 17.6. The summed E-state index contributed by atoms with van der Waals surface area (Å²) in [5, 5.41) is 0. The summed E-state index contributed by atoms with van der Waals surface area (Å²) in [6, 6.07) is 19.2. The first-order valence-corrected chi connectivity index (χ1v) is 25.4. The van der Waals surface area contributed by atoms with Crippen molar-refractivity contribution in [3.05, 3.63) is 103 Å². The van der Waals surface area contributed by atoms with Crippen molar-refractivity contribution in [1.29, 1.82) is 0 Å². The third kappa shape index (κ3) is 6.82. The summed E-state index contributed by atoms with van der Waals surface area (Å²) in [7, 11) is 0. The van der Waals surface area contributed by atoms with Gasteiger partial charge in [-0.3, -0.25) is 0 Å². The third-order valence-corrected chi connectivity index (χ3v) is 26.0. The molecule has 2 aliphatic rings. The summed E-state index contributed by atoms with van der Waals surface area (Å²) in [5.74, 6) is 0.444. The molecule has 0 amide bonds. The van der Waals surface area contributed by atoms with Gasteiger partial charge in [-0.05, 0) is 0 Å². The van der Waals surface area contributed by atoms with E-state index in [0.717, 1.165) is 6.42 Å². The first-order chi connectivity index (χ1) is 20.7. The van der Waals surface area contributed by atoms with Gasteiger partial charge in [0.2, 0.25) is 0 Å². The van der Waals surface area contributed by atoms with Crippen LogP contribution in [0.3, 0.4) is 0 Å². The van der Waals surface area contributed by atoms with Crippen molar-refractivity contribution in [3.8, 4) is 11.1 Å². The molecular weight excluding hydrogens is 691 g/mol. The molecule has 1 unspecified atom stereocenters. The van der Waals surface area contributed by atoms with Gasteiger partial charge in [0.1, 0.15) is 0 Å². The van der Waals surface area contributed by atoms with Crippen LogP contribution in [0.25, 0.3) is 11.1 Å². The molecule has 1 atom stereocenters. The number of hydrogen-bond acceptors (Lipinski definition) is 0. The average Bonchev–Trinajstić information content (AvgIpc) is 3.52. The van der Waals surface area contributed by atoms with E-state index >= 15 is 0 Å². The summed E-state index contributed by atoms with van der Waals surface area (Å²) in [5.41, 5.74) is 13.6. The summed E-state index contributed by atoms with van der Waals surface area (Å²) in [4.78, 5) is 0. The molecule has 0 fully saturated rings. The number of hydrogen-bond donors (Lipinski definition) is 0. The zero-order chi connectivity index (χ0) is 33.4. The van der Waals surface area contributed by atoms with Crippen LogP contribution in [0.2, 0.25) is 4.63 Å². The van der Waals surface area contributed by atoms with Gasteiger partial charge in [0, 0.05) is 0 Å². The van der Waals surface area contributed by atoms with Crippen LogP contribution in [-0.2, 0) is 35.5 Å². The molecule has 3 heteroatoms. The minimum atomic E-state index is -4.50. The van der Waals surface area contributed by atoms with E-state index in [-0.39, 0.29) is 41.1 Å². The van der Waals surface area contributed by atoms with Crippen LogP contribution < -0.4 is 6.54 Å². The Hall–Kier alpha value is -1.53. The molecule has 0 radical (unpaired) electrons. The fourth-order valence-electron chi connectivity index (χ4n) is 8.92. The molecule has 5 rings (SSSR count). The Labute approximate surface area is 301 Å². The Bertz CT molecular complexity index is 1780. The second kappa shape index (κ2) is 13.3. The first kappa shape index (κ1) is 39.9. The average molecular weight is 753 g/mol. The molecule has 0 saturated carbocycles. The Balaban J connectivity index is 0.00000300. The Morgan fingerprint density at radius 1 is 0.787 bits per heavy atom. The SMILES string of the molecule is Cl.Cl.[CH2]=[Zr]([CH3])([C]1=CC(C(C)(C)C)=CC1CCCC)([c]1ccccc1)[c]1c(C)c(C(C)(C)C)cc2c1Cc1cc(C)c(C(C)(C)C)cc1-2. The van der Waals surface area contributed by atoms with E-state index in [1.165, 1.54) is 67.1 Å². The Kier molecular flexibility index (Phi) is 11.3. The van der Waals surface area contributed by atoms with Crippen LogP contribution in [0.4, 0.5) is 0 Å². The quantitative estimate of drug-likeness (QED) is 0.184. The van der Waals surface area contributed by atoms with Crippen LogP contribution in [0.5, 0.6) is 0 Å². The molecule has 2 aliphatic carbocycles. The molecule has 0 aliphatic heterocycles. The van der Waals surface area contributed by atoms with E-state index in [9.17, 15) is 0 Å². The Morgan fingerprint density at radius 3 is 1.89 bits per heavy atom. The molecule has 0 bridgehead atoms. The third-order valence-electron chi connectivity index (χ3n) is 11.3. The fraction of sp³-hybridized carbons (Fsp3) is 0.477. The second-order valence-corrected chi connectivity index (χ2v) is 32.0. The van der Waals surface area contributed by atoms with Crippen molar-refractivity contribution in [2.75, 3.05) is 0 Å². The van der Waals surface area contributed by atoms with Gasteiger partial charge in [-0.25, -0.2) is 0 Å². The normalized spacial score (nSPS) is 16.5. The van der Waals surface area contributed by atoms with Gasteiger partial charge in [-0.2, -0.15) is 0 Å². The monoisotopic (exact) mass is 750 g/mol. The van der Waals surface area contributed by atoms with Gasteiger partial charge in [-0.15, -0.1) is 24.8 Å². The van der Waals surface area contributed by atoms with Crippen LogP contribution >= 0.6 is 24.8 Å². The van der Waals surface area contributed by atoms with Gasteiger partial charge in [-0.1, -0.05) is 0 Å². The second-order valence-electron chi connectivity index (χ2n) is 18.0. The van der Waals surface area contributed by atoms with Crippen molar-refractivity contribution in [3.63, 3.8) is 0 Å². The number of unbranched alkanes of at least 4 members (excludes halogenated alkanes) is 1. The van der Waals surface area contributed by atoms with Crippen molar-refractivity contribution < 1.29 is 18.3 Å². The standard InChI is InChI=1S/C23H29.C13H21.C6H5.CH3.CH2.2ClH.Zr/c1-14-9-16-11-17-10-15(2)21(23(6,7)8)13-19(17)18(16)12-20(14)22(3,4)5;1-5-6-7-11-8-9-12(10-11)13(2,3)4;1-2-4-6-5-3-1;;;;;/h9,12-13H,11H2,1-8H3;9-11H,5-7H2,1-4H3;1-5H;1H3;1H2;2*1H;. The van der Waals surface area contributed by atoms with Gasteiger partial charge in [0.15, 0.2) is 0 Å². The molecule has 47 heavy (non-hydrogen) atoms. The summed E-state index contributed by atoms with van der Waals surface area (Å²) in [6.07, 6.45) is 9.98. The minimum absolute atomic E-state index is 0. The van der Waals surface area contributed by atoms with Crippen LogP contribution in [0.1, 0.15) is 122 Å². The summed E-state index contributed by atoms with van der Waals surface area (Å²) >= 11 is -4.50. The Morgan fingerprint density at radius 2 is 1.36 bits per heavy atom.